The van der Waals surface area contributed by atoms with E-state index in [0.717, 1.165) is 23.0 Å². The molecule has 9 nitrogen and oxygen atoms in total. The van der Waals surface area contributed by atoms with Crippen molar-refractivity contribution in [3.63, 3.8) is 0 Å². The summed E-state index contributed by atoms with van der Waals surface area (Å²) in [6.07, 6.45) is 2.01. The molecule has 1 aromatic carbocycles. The van der Waals surface area contributed by atoms with E-state index in [2.05, 4.69) is 20.9 Å². The summed E-state index contributed by atoms with van der Waals surface area (Å²) >= 11 is 1.57. The number of hydrogen-bond acceptors (Lipinski definition) is 8. The number of amides is 4. The van der Waals surface area contributed by atoms with Crippen LogP contribution < -0.4 is 16.0 Å². The molecule has 3 aliphatic rings. The Labute approximate surface area is 175 Å². The Hall–Kier alpha value is -2.95. The van der Waals surface area contributed by atoms with Gasteiger partial charge in [-0.25, -0.2) is 4.98 Å². The maximum Gasteiger partial charge on any atom is 0.262 e. The van der Waals surface area contributed by atoms with Crippen LogP contribution in [-0.4, -0.2) is 52.6 Å². The van der Waals surface area contributed by atoms with Crippen LogP contribution in [0.3, 0.4) is 0 Å². The summed E-state index contributed by atoms with van der Waals surface area (Å²) in [6, 6.07) is 4.19. The molecule has 5 rings (SSSR count). The molecule has 2 fully saturated rings. The van der Waals surface area contributed by atoms with Crippen LogP contribution in [0.5, 0.6) is 0 Å². The van der Waals surface area contributed by atoms with E-state index in [-0.39, 0.29) is 24.3 Å². The summed E-state index contributed by atoms with van der Waals surface area (Å²) in [5.74, 6) is -1.98. The molecule has 2 saturated heterocycles. The van der Waals surface area contributed by atoms with Gasteiger partial charge in [0.25, 0.3) is 11.8 Å². The highest BCUT2D eigenvalue weighted by atomic mass is 32.1. The molecule has 1 unspecified atom stereocenters. The molecule has 3 aliphatic heterocycles. The normalized spacial score (nSPS) is 22.7. The lowest BCUT2D eigenvalue weighted by Crippen LogP contribution is -2.64. The Morgan fingerprint density at radius 1 is 1.20 bits per heavy atom. The number of rotatable bonds is 5. The maximum atomic E-state index is 13.2. The number of carbonyl (C=O) groups is 4. The minimum absolute atomic E-state index is 0.0988. The molecule has 10 heteroatoms. The van der Waals surface area contributed by atoms with Gasteiger partial charge in [0.05, 0.1) is 16.7 Å². The van der Waals surface area contributed by atoms with Gasteiger partial charge < -0.3 is 5.32 Å². The van der Waals surface area contributed by atoms with E-state index in [4.69, 9.17) is 0 Å². The van der Waals surface area contributed by atoms with Crippen LogP contribution in [0, 0.1) is 0 Å². The highest BCUT2D eigenvalue weighted by Crippen LogP contribution is 2.32. The van der Waals surface area contributed by atoms with E-state index in [1.165, 1.54) is 0 Å². The number of carbonyl (C=O) groups excluding carboxylic acids is 4. The van der Waals surface area contributed by atoms with E-state index >= 15 is 0 Å². The van der Waals surface area contributed by atoms with E-state index in [1.54, 1.807) is 29.7 Å². The zero-order valence-corrected chi connectivity index (χ0v) is 16.8. The third-order valence-corrected chi connectivity index (χ3v) is 6.84. The summed E-state index contributed by atoms with van der Waals surface area (Å²) < 4.78 is 0. The molecular weight excluding hydrogens is 406 g/mol. The standard InChI is InChI=1S/C20H19N5O4S/c26-14-5-4-13(16(27)24-14)25-17(28)12-3-1-2-11(15(12)18(25)29)8-23-20(9-21-10-20)19-22-6-7-30-19/h1-3,6-7,13,21,23H,4-5,8-10H2,(H,24,26,27). The van der Waals surface area contributed by atoms with Crippen molar-refractivity contribution in [1.82, 2.24) is 25.8 Å². The monoisotopic (exact) mass is 425 g/mol. The number of aromatic nitrogens is 1. The molecular formula is C20H19N5O4S. The van der Waals surface area contributed by atoms with Crippen molar-refractivity contribution in [2.24, 2.45) is 0 Å². The summed E-state index contributed by atoms with van der Waals surface area (Å²) in [4.78, 5) is 55.2. The first-order valence-corrected chi connectivity index (χ1v) is 10.6. The topological polar surface area (TPSA) is 120 Å². The molecule has 30 heavy (non-hydrogen) atoms. The number of thiazole rings is 1. The first-order chi connectivity index (χ1) is 14.5. The number of benzene rings is 1. The van der Waals surface area contributed by atoms with Crippen molar-refractivity contribution < 1.29 is 19.2 Å². The van der Waals surface area contributed by atoms with Crippen LogP contribution >= 0.6 is 11.3 Å². The third kappa shape index (κ3) is 2.87. The van der Waals surface area contributed by atoms with Crippen molar-refractivity contribution >= 4 is 35.0 Å². The minimum Gasteiger partial charge on any atom is -0.312 e. The number of imide groups is 2. The Morgan fingerprint density at radius 3 is 2.70 bits per heavy atom. The van der Waals surface area contributed by atoms with Crippen molar-refractivity contribution in [1.29, 1.82) is 0 Å². The van der Waals surface area contributed by atoms with Gasteiger partial charge in [0, 0.05) is 37.6 Å². The molecule has 0 aliphatic carbocycles. The van der Waals surface area contributed by atoms with E-state index < -0.39 is 23.8 Å². The van der Waals surface area contributed by atoms with Crippen molar-refractivity contribution in [3.05, 3.63) is 51.5 Å². The number of fused-ring (bicyclic) bond motifs is 1. The largest absolute Gasteiger partial charge is 0.312 e. The summed E-state index contributed by atoms with van der Waals surface area (Å²) in [6.45, 7) is 1.84. The molecule has 2 aromatic rings. The van der Waals surface area contributed by atoms with E-state index in [9.17, 15) is 19.2 Å². The molecule has 0 spiro atoms. The lowest BCUT2D eigenvalue weighted by atomic mass is 9.92. The average molecular weight is 425 g/mol. The Bertz CT molecular complexity index is 1060. The van der Waals surface area contributed by atoms with Crippen LogP contribution in [0.4, 0.5) is 0 Å². The second-order valence-corrected chi connectivity index (χ2v) is 8.56. The fourth-order valence-electron chi connectivity index (χ4n) is 4.18. The highest BCUT2D eigenvalue weighted by molar-refractivity contribution is 7.09. The van der Waals surface area contributed by atoms with Gasteiger partial charge in [-0.1, -0.05) is 12.1 Å². The Balaban J connectivity index is 1.41. The molecule has 0 saturated carbocycles. The smallest absolute Gasteiger partial charge is 0.262 e. The Kier molecular flexibility index (Phi) is 4.49. The fraction of sp³-hybridized carbons (Fsp3) is 0.350. The number of nitrogens with zero attached hydrogens (tertiary/aromatic N) is 2. The zero-order chi connectivity index (χ0) is 20.9. The second kappa shape index (κ2) is 7.08. The van der Waals surface area contributed by atoms with Gasteiger partial charge in [0.2, 0.25) is 11.8 Å². The van der Waals surface area contributed by atoms with Crippen LogP contribution in [0.25, 0.3) is 0 Å². The first-order valence-electron chi connectivity index (χ1n) is 9.69. The van der Waals surface area contributed by atoms with Gasteiger partial charge in [0.15, 0.2) is 0 Å². The predicted molar refractivity (Wildman–Crippen MR) is 107 cm³/mol. The second-order valence-electron chi connectivity index (χ2n) is 7.66. The van der Waals surface area contributed by atoms with E-state index in [0.29, 0.717) is 23.2 Å². The van der Waals surface area contributed by atoms with Crippen LogP contribution in [0.1, 0.15) is 44.1 Å². The van der Waals surface area contributed by atoms with Crippen molar-refractivity contribution in [2.45, 2.75) is 31.0 Å². The van der Waals surface area contributed by atoms with Crippen molar-refractivity contribution in [3.8, 4) is 0 Å². The summed E-state index contributed by atoms with van der Waals surface area (Å²) in [7, 11) is 0. The number of nitrogens with one attached hydrogen (secondary N) is 3. The van der Waals surface area contributed by atoms with E-state index in [1.807, 2.05) is 11.4 Å². The van der Waals surface area contributed by atoms with Gasteiger partial charge >= 0.3 is 0 Å². The molecule has 1 aromatic heterocycles. The lowest BCUT2D eigenvalue weighted by Gasteiger charge is -2.42. The predicted octanol–water partition coefficient (Wildman–Crippen LogP) is 0.133. The fourth-order valence-corrected chi connectivity index (χ4v) is 5.00. The quantitative estimate of drug-likeness (QED) is 0.583. The molecule has 4 heterocycles. The van der Waals surface area contributed by atoms with Crippen LogP contribution in [0.15, 0.2) is 29.8 Å². The van der Waals surface area contributed by atoms with Crippen molar-refractivity contribution in [2.75, 3.05) is 13.1 Å². The Morgan fingerprint density at radius 2 is 2.03 bits per heavy atom. The van der Waals surface area contributed by atoms with Gasteiger partial charge in [-0.15, -0.1) is 11.3 Å². The van der Waals surface area contributed by atoms with Crippen LogP contribution in [-0.2, 0) is 21.7 Å². The lowest BCUT2D eigenvalue weighted by molar-refractivity contribution is -0.136. The van der Waals surface area contributed by atoms with Gasteiger partial charge in [-0.05, 0) is 18.1 Å². The highest BCUT2D eigenvalue weighted by Gasteiger charge is 2.46. The SMILES string of the molecule is O=C1CCC(N2C(=O)c3cccc(CNC4(c5nccs5)CNC4)c3C2=O)C(=O)N1. The van der Waals surface area contributed by atoms with Crippen LogP contribution in [0.2, 0.25) is 0 Å². The number of hydrogen-bond donors (Lipinski definition) is 3. The molecule has 3 N–H and O–H groups in total. The maximum absolute atomic E-state index is 13.2. The van der Waals surface area contributed by atoms with Gasteiger partial charge in [-0.2, -0.15) is 0 Å². The minimum atomic E-state index is -0.964. The van der Waals surface area contributed by atoms with Gasteiger partial charge in [-0.3, -0.25) is 34.7 Å². The van der Waals surface area contributed by atoms with Gasteiger partial charge in [0.1, 0.15) is 11.0 Å². The first kappa shape index (κ1) is 19.0. The molecule has 0 bridgehead atoms. The molecule has 154 valence electrons. The average Bonchev–Trinajstić information content (AvgIpc) is 3.31. The molecule has 0 radical (unpaired) electrons. The molecule has 4 amide bonds. The zero-order valence-electron chi connectivity index (χ0n) is 15.9. The number of piperidine rings is 1. The summed E-state index contributed by atoms with van der Waals surface area (Å²) in [5, 5.41) is 11.9. The third-order valence-electron chi connectivity index (χ3n) is 5.87. The molecule has 1 atom stereocenters. The summed E-state index contributed by atoms with van der Waals surface area (Å²) in [5.41, 5.74) is 1.01.